The van der Waals surface area contributed by atoms with Gasteiger partial charge in [0.25, 0.3) is 0 Å². The van der Waals surface area contributed by atoms with Crippen molar-refractivity contribution in [1.29, 1.82) is 0 Å². The van der Waals surface area contributed by atoms with Crippen molar-refractivity contribution in [2.75, 3.05) is 6.61 Å². The van der Waals surface area contributed by atoms with Crippen LogP contribution in [0.2, 0.25) is 0 Å². The van der Waals surface area contributed by atoms with E-state index in [0.29, 0.717) is 18.1 Å². The summed E-state index contributed by atoms with van der Waals surface area (Å²) >= 11 is 0. The van der Waals surface area contributed by atoms with E-state index in [1.807, 2.05) is 0 Å². The molecule has 1 saturated carbocycles. The van der Waals surface area contributed by atoms with Crippen molar-refractivity contribution in [1.82, 2.24) is 0 Å². The van der Waals surface area contributed by atoms with Crippen molar-refractivity contribution < 1.29 is 19.8 Å². The van der Waals surface area contributed by atoms with Crippen LogP contribution in [-0.2, 0) is 9.59 Å². The van der Waals surface area contributed by atoms with E-state index < -0.39 is 5.97 Å². The van der Waals surface area contributed by atoms with Gasteiger partial charge in [0.05, 0.1) is 0 Å². The predicted octanol–water partition coefficient (Wildman–Crippen LogP) is 3.97. The fourth-order valence-corrected chi connectivity index (χ4v) is 6.48. The fraction of sp³-hybridized carbons (Fsp3) is 0.810. The number of carbonyl (C=O) groups is 2. The summed E-state index contributed by atoms with van der Waals surface area (Å²) in [4.78, 5) is 23.3. The van der Waals surface area contributed by atoms with Crippen molar-refractivity contribution in [2.24, 2.45) is 28.6 Å². The van der Waals surface area contributed by atoms with Gasteiger partial charge in [0, 0.05) is 18.9 Å². The lowest BCUT2D eigenvalue weighted by Crippen LogP contribution is -2.44. The first-order valence-corrected chi connectivity index (χ1v) is 9.79. The van der Waals surface area contributed by atoms with E-state index in [4.69, 9.17) is 0 Å². The Kier molecular flexibility index (Phi) is 4.87. The Balaban J connectivity index is 1.98. The second-order valence-corrected chi connectivity index (χ2v) is 9.03. The van der Waals surface area contributed by atoms with E-state index in [9.17, 15) is 19.8 Å². The summed E-state index contributed by atoms with van der Waals surface area (Å²) in [6.45, 7) is 6.34. The Morgan fingerprint density at radius 3 is 2.48 bits per heavy atom. The van der Waals surface area contributed by atoms with Crippen molar-refractivity contribution in [2.45, 2.75) is 72.1 Å². The van der Waals surface area contributed by atoms with Crippen LogP contribution in [0.3, 0.4) is 0 Å². The molecule has 0 amide bonds. The van der Waals surface area contributed by atoms with E-state index in [2.05, 4.69) is 13.8 Å². The van der Waals surface area contributed by atoms with Crippen LogP contribution in [0.25, 0.3) is 0 Å². The molecule has 0 bridgehead atoms. The summed E-state index contributed by atoms with van der Waals surface area (Å²) in [5.74, 6) is 0.358. The zero-order valence-corrected chi connectivity index (χ0v) is 15.8. The third kappa shape index (κ3) is 2.87. The number of hydrogen-bond donors (Lipinski definition) is 2. The molecule has 4 heteroatoms. The largest absolute Gasteiger partial charge is 0.481 e. The second-order valence-electron chi connectivity index (χ2n) is 9.03. The normalized spacial score (nSPS) is 40.6. The summed E-state index contributed by atoms with van der Waals surface area (Å²) in [5.41, 5.74) is 2.79. The van der Waals surface area contributed by atoms with Crippen LogP contribution in [0, 0.1) is 28.6 Å². The zero-order chi connectivity index (χ0) is 18.4. The average Bonchev–Trinajstić information content (AvgIpc) is 2.91. The molecule has 140 valence electrons. The van der Waals surface area contributed by atoms with Crippen molar-refractivity contribution in [3.8, 4) is 0 Å². The van der Waals surface area contributed by atoms with Crippen LogP contribution in [0.4, 0.5) is 0 Å². The molecule has 0 unspecified atom stereocenters. The van der Waals surface area contributed by atoms with Gasteiger partial charge in [-0.25, -0.2) is 0 Å². The zero-order valence-electron chi connectivity index (χ0n) is 15.8. The lowest BCUT2D eigenvalue weighted by molar-refractivity contribution is -0.138. The maximum absolute atomic E-state index is 12.2. The molecule has 0 aromatic carbocycles. The molecule has 0 heterocycles. The standard InChI is InChI=1S/C21H32O4/c1-13(23)16-6-7-17-15-5-4-14(12-22)20(2,11-9-19(24)25)18(15)8-10-21(16,17)3/h14,16-17,22H,4-12H2,1-3H3,(H,24,25)/t14-,16+,17-,20-,21+/m0/s1. The summed E-state index contributed by atoms with van der Waals surface area (Å²) < 4.78 is 0. The molecule has 3 aliphatic carbocycles. The van der Waals surface area contributed by atoms with Gasteiger partial charge in [0.1, 0.15) is 5.78 Å². The predicted molar refractivity (Wildman–Crippen MR) is 96.0 cm³/mol. The van der Waals surface area contributed by atoms with Gasteiger partial charge >= 0.3 is 5.97 Å². The minimum absolute atomic E-state index is 0.0738. The number of carboxylic acid groups (broad SMARTS) is 1. The number of aliphatic hydroxyl groups is 1. The van der Waals surface area contributed by atoms with Crippen molar-refractivity contribution in [3.63, 3.8) is 0 Å². The SMILES string of the molecule is CC(=O)[C@H]1CC[C@H]2C3=C(CC[C@]12C)[C@@](C)(CCC(=O)O)[C@H](CO)CC3. The molecule has 0 aromatic rings. The number of allylic oxidation sites excluding steroid dienone is 2. The van der Waals surface area contributed by atoms with Crippen LogP contribution < -0.4 is 0 Å². The van der Waals surface area contributed by atoms with E-state index in [1.54, 1.807) is 6.92 Å². The molecule has 0 aliphatic heterocycles. The highest BCUT2D eigenvalue weighted by molar-refractivity contribution is 5.79. The highest BCUT2D eigenvalue weighted by Crippen LogP contribution is 2.63. The third-order valence-corrected chi connectivity index (χ3v) is 7.98. The number of aliphatic hydroxyl groups excluding tert-OH is 1. The van der Waals surface area contributed by atoms with Crippen LogP contribution in [0.5, 0.6) is 0 Å². The Morgan fingerprint density at radius 1 is 1.16 bits per heavy atom. The quantitative estimate of drug-likeness (QED) is 0.737. The van der Waals surface area contributed by atoms with Gasteiger partial charge in [-0.15, -0.1) is 0 Å². The molecule has 0 radical (unpaired) electrons. The highest BCUT2D eigenvalue weighted by atomic mass is 16.4. The monoisotopic (exact) mass is 348 g/mol. The number of carboxylic acids is 1. The molecule has 0 spiro atoms. The summed E-state index contributed by atoms with van der Waals surface area (Å²) in [7, 11) is 0. The highest BCUT2D eigenvalue weighted by Gasteiger charge is 2.55. The molecule has 3 rings (SSSR count). The number of rotatable bonds is 5. The van der Waals surface area contributed by atoms with Crippen LogP contribution in [-0.4, -0.2) is 28.6 Å². The molecular weight excluding hydrogens is 316 g/mol. The number of hydrogen-bond acceptors (Lipinski definition) is 3. The van der Waals surface area contributed by atoms with E-state index in [-0.39, 0.29) is 35.7 Å². The Morgan fingerprint density at radius 2 is 1.88 bits per heavy atom. The number of ketones is 1. The maximum Gasteiger partial charge on any atom is 0.303 e. The van der Waals surface area contributed by atoms with Gasteiger partial charge in [0.2, 0.25) is 0 Å². The van der Waals surface area contributed by atoms with Gasteiger partial charge in [0.15, 0.2) is 0 Å². The molecule has 0 aromatic heterocycles. The second kappa shape index (κ2) is 6.53. The van der Waals surface area contributed by atoms with Crippen LogP contribution in [0.15, 0.2) is 11.1 Å². The van der Waals surface area contributed by atoms with Gasteiger partial charge in [-0.05, 0) is 74.5 Å². The molecule has 25 heavy (non-hydrogen) atoms. The molecule has 1 fully saturated rings. The fourth-order valence-electron chi connectivity index (χ4n) is 6.48. The lowest BCUT2D eigenvalue weighted by atomic mass is 9.53. The van der Waals surface area contributed by atoms with Crippen molar-refractivity contribution in [3.05, 3.63) is 11.1 Å². The van der Waals surface area contributed by atoms with E-state index >= 15 is 0 Å². The Labute approximate surface area is 150 Å². The molecule has 4 nitrogen and oxygen atoms in total. The molecule has 5 atom stereocenters. The minimum atomic E-state index is -0.760. The maximum atomic E-state index is 12.2. The van der Waals surface area contributed by atoms with Crippen LogP contribution in [0.1, 0.15) is 72.1 Å². The van der Waals surface area contributed by atoms with Crippen LogP contribution >= 0.6 is 0 Å². The molecule has 2 N–H and O–H groups in total. The van der Waals surface area contributed by atoms with Gasteiger partial charge in [-0.1, -0.05) is 25.0 Å². The van der Waals surface area contributed by atoms with E-state index in [0.717, 1.165) is 38.5 Å². The van der Waals surface area contributed by atoms with Crippen molar-refractivity contribution >= 4 is 11.8 Å². The Bertz CT molecular complexity index is 607. The Hall–Kier alpha value is -1.16. The first kappa shape index (κ1) is 18.6. The number of carbonyl (C=O) groups excluding carboxylic acids is 1. The van der Waals surface area contributed by atoms with Gasteiger partial charge < -0.3 is 10.2 Å². The lowest BCUT2D eigenvalue weighted by Gasteiger charge is -2.52. The van der Waals surface area contributed by atoms with Gasteiger partial charge in [-0.3, -0.25) is 9.59 Å². The molecular formula is C21H32O4. The first-order valence-electron chi connectivity index (χ1n) is 9.79. The first-order chi connectivity index (χ1) is 11.7. The summed E-state index contributed by atoms with van der Waals surface area (Å²) in [6, 6.07) is 0. The topological polar surface area (TPSA) is 74.6 Å². The minimum Gasteiger partial charge on any atom is -0.481 e. The molecule has 3 aliphatic rings. The average molecular weight is 348 g/mol. The third-order valence-electron chi connectivity index (χ3n) is 7.98. The number of fused-ring (bicyclic) bond motifs is 2. The number of Topliss-reactive ketones (excluding diaryl/α,β-unsaturated/α-hetero) is 1. The number of aliphatic carboxylic acids is 1. The van der Waals surface area contributed by atoms with E-state index in [1.165, 1.54) is 11.1 Å². The summed E-state index contributed by atoms with van der Waals surface area (Å²) in [6.07, 6.45) is 6.74. The smallest absolute Gasteiger partial charge is 0.303 e. The summed E-state index contributed by atoms with van der Waals surface area (Å²) in [5, 5.41) is 19.1. The molecule has 0 saturated heterocycles. The van der Waals surface area contributed by atoms with Gasteiger partial charge in [-0.2, -0.15) is 0 Å².